The lowest BCUT2D eigenvalue weighted by atomic mass is 10.2. The van der Waals surface area contributed by atoms with E-state index in [1.807, 2.05) is 13.8 Å². The van der Waals surface area contributed by atoms with E-state index in [1.165, 1.54) is 0 Å². The van der Waals surface area contributed by atoms with Crippen LogP contribution in [0.3, 0.4) is 0 Å². The van der Waals surface area contributed by atoms with Crippen LogP contribution < -0.4 is 0 Å². The van der Waals surface area contributed by atoms with Crippen molar-refractivity contribution in [2.75, 3.05) is 12.3 Å². The van der Waals surface area contributed by atoms with E-state index < -0.39 is 7.14 Å². The Morgan fingerprint density at radius 1 is 1.27 bits per heavy atom. The summed E-state index contributed by atoms with van der Waals surface area (Å²) in [5.41, 5.74) is 0.274. The number of carbonyl (C=O) groups is 1. The lowest BCUT2D eigenvalue weighted by molar-refractivity contribution is -0.118. The summed E-state index contributed by atoms with van der Waals surface area (Å²) in [6.07, 6.45) is 2.41. The average molecular weight is 174 g/mol. The number of rotatable bonds is 1. The van der Waals surface area contributed by atoms with Gasteiger partial charge in [-0.3, -0.25) is 4.79 Å². The molecule has 0 N–H and O–H groups in total. The molecule has 1 rings (SSSR count). The first-order chi connectivity index (χ1) is 5.04. The van der Waals surface area contributed by atoms with Crippen LogP contribution in [0.4, 0.5) is 0 Å². The van der Waals surface area contributed by atoms with Crippen LogP contribution in [0.15, 0.2) is 0 Å². The van der Waals surface area contributed by atoms with Gasteiger partial charge in [0.25, 0.3) is 0 Å². The highest BCUT2D eigenvalue weighted by molar-refractivity contribution is 7.64. The molecule has 0 aliphatic carbocycles. The zero-order valence-electron chi connectivity index (χ0n) is 7.17. The fraction of sp³-hybridized carbons (Fsp3) is 0.875. The van der Waals surface area contributed by atoms with Crippen molar-refractivity contribution in [1.82, 2.24) is 0 Å². The van der Waals surface area contributed by atoms with E-state index in [2.05, 4.69) is 0 Å². The molecule has 0 aromatic carbocycles. The molecule has 11 heavy (non-hydrogen) atoms. The second kappa shape index (κ2) is 3.10. The van der Waals surface area contributed by atoms with E-state index in [9.17, 15) is 9.36 Å². The van der Waals surface area contributed by atoms with Gasteiger partial charge in [-0.05, 0) is 0 Å². The van der Waals surface area contributed by atoms with Gasteiger partial charge >= 0.3 is 0 Å². The first-order valence-corrected chi connectivity index (χ1v) is 6.29. The highest BCUT2D eigenvalue weighted by Crippen LogP contribution is 2.53. The second-order valence-corrected chi connectivity index (χ2v) is 7.36. The Bertz CT molecular complexity index is 194. The van der Waals surface area contributed by atoms with Gasteiger partial charge in [-0.25, -0.2) is 0 Å². The first kappa shape index (κ1) is 8.99. The summed E-state index contributed by atoms with van der Waals surface area (Å²) < 4.78 is 11.9. The molecule has 0 unspecified atom stereocenters. The van der Waals surface area contributed by atoms with Gasteiger partial charge in [0.05, 0.1) is 7.14 Å². The molecule has 0 aromatic heterocycles. The lowest BCUT2D eigenvalue weighted by Crippen LogP contribution is -2.17. The van der Waals surface area contributed by atoms with Crippen LogP contribution in [0.5, 0.6) is 0 Å². The van der Waals surface area contributed by atoms with Crippen molar-refractivity contribution in [3.63, 3.8) is 0 Å². The minimum Gasteiger partial charge on any atom is -0.323 e. The molecule has 1 fully saturated rings. The molecule has 64 valence electrons. The van der Waals surface area contributed by atoms with Crippen molar-refractivity contribution >= 4 is 12.9 Å². The van der Waals surface area contributed by atoms with E-state index in [1.54, 1.807) is 0 Å². The normalized spacial score (nSPS) is 24.1. The quantitative estimate of drug-likeness (QED) is 0.570. The maximum Gasteiger partial charge on any atom is 0.133 e. The Morgan fingerprint density at radius 3 is 2.09 bits per heavy atom. The molecule has 0 atom stereocenters. The molecule has 0 bridgehead atoms. The van der Waals surface area contributed by atoms with Crippen LogP contribution >= 0.6 is 7.14 Å². The molecular weight excluding hydrogens is 159 g/mol. The van der Waals surface area contributed by atoms with Gasteiger partial charge in [-0.2, -0.15) is 0 Å². The minimum atomic E-state index is -1.94. The number of Topliss-reactive ketones (excluding diaryl/α,β-unsaturated/α-hetero) is 1. The summed E-state index contributed by atoms with van der Waals surface area (Å²) in [5.74, 6) is 0.289. The van der Waals surface area contributed by atoms with Gasteiger partial charge in [-0.1, -0.05) is 13.8 Å². The zero-order chi connectivity index (χ0) is 8.48. The topological polar surface area (TPSA) is 34.1 Å². The van der Waals surface area contributed by atoms with Gasteiger partial charge in [0, 0.05) is 30.8 Å². The molecule has 1 saturated heterocycles. The smallest absolute Gasteiger partial charge is 0.133 e. The van der Waals surface area contributed by atoms with Gasteiger partial charge in [0.1, 0.15) is 5.78 Å². The molecule has 3 heteroatoms. The Balaban J connectivity index is 2.63. The largest absolute Gasteiger partial charge is 0.323 e. The van der Waals surface area contributed by atoms with Gasteiger partial charge in [0.15, 0.2) is 0 Å². The third-order valence-electron chi connectivity index (χ3n) is 2.48. The van der Waals surface area contributed by atoms with E-state index in [0.29, 0.717) is 25.2 Å². The summed E-state index contributed by atoms with van der Waals surface area (Å²) >= 11 is 0. The SMILES string of the molecule is CC(C)P1(=O)CCC(=O)CC1. The Kier molecular flexibility index (Phi) is 2.54. The summed E-state index contributed by atoms with van der Waals surface area (Å²) in [5, 5.41) is 0. The molecule has 1 aliphatic rings. The molecular formula is C8H15O2P. The van der Waals surface area contributed by atoms with Crippen LogP contribution in [0, 0.1) is 0 Å². The van der Waals surface area contributed by atoms with Gasteiger partial charge < -0.3 is 4.57 Å². The number of hydrogen-bond acceptors (Lipinski definition) is 2. The third-order valence-corrected chi connectivity index (χ3v) is 6.32. The monoisotopic (exact) mass is 174 g/mol. The molecule has 1 heterocycles. The van der Waals surface area contributed by atoms with Crippen molar-refractivity contribution in [1.29, 1.82) is 0 Å². The fourth-order valence-corrected chi connectivity index (χ4v) is 3.89. The van der Waals surface area contributed by atoms with E-state index in [4.69, 9.17) is 0 Å². The maximum absolute atomic E-state index is 11.9. The third kappa shape index (κ3) is 1.93. The van der Waals surface area contributed by atoms with Gasteiger partial charge in [0.2, 0.25) is 0 Å². The summed E-state index contributed by atoms with van der Waals surface area (Å²) in [7, 11) is -1.94. The lowest BCUT2D eigenvalue weighted by Gasteiger charge is -2.25. The van der Waals surface area contributed by atoms with Crippen molar-refractivity contribution in [2.24, 2.45) is 0 Å². The maximum atomic E-state index is 11.9. The van der Waals surface area contributed by atoms with E-state index in [0.717, 1.165) is 0 Å². The van der Waals surface area contributed by atoms with Crippen LogP contribution in [0.2, 0.25) is 0 Å². The van der Waals surface area contributed by atoms with E-state index >= 15 is 0 Å². The number of hydrogen-bond donors (Lipinski definition) is 0. The molecule has 1 aliphatic heterocycles. The summed E-state index contributed by atoms with van der Waals surface area (Å²) in [6, 6.07) is 0. The first-order valence-electron chi connectivity index (χ1n) is 4.14. The zero-order valence-corrected chi connectivity index (χ0v) is 8.06. The predicted molar refractivity (Wildman–Crippen MR) is 46.7 cm³/mol. The van der Waals surface area contributed by atoms with Crippen LogP contribution in [-0.4, -0.2) is 23.8 Å². The highest BCUT2D eigenvalue weighted by Gasteiger charge is 2.31. The molecule has 0 aromatic rings. The van der Waals surface area contributed by atoms with Crippen molar-refractivity contribution in [3.8, 4) is 0 Å². The average Bonchev–Trinajstić information content (AvgIpc) is 1.95. The van der Waals surface area contributed by atoms with Crippen LogP contribution in [0.25, 0.3) is 0 Å². The number of ketones is 1. The molecule has 0 radical (unpaired) electrons. The van der Waals surface area contributed by atoms with E-state index in [-0.39, 0.29) is 11.4 Å². The molecule has 0 saturated carbocycles. The molecule has 0 spiro atoms. The minimum absolute atomic E-state index is 0.274. The van der Waals surface area contributed by atoms with Crippen molar-refractivity contribution in [3.05, 3.63) is 0 Å². The molecule has 2 nitrogen and oxygen atoms in total. The second-order valence-electron chi connectivity index (χ2n) is 3.53. The standard InChI is InChI=1S/C8H15O2P/c1-7(2)11(10)5-3-8(9)4-6-11/h7H,3-6H2,1-2H3. The predicted octanol–water partition coefficient (Wildman–Crippen LogP) is 2.12. The molecule has 0 amide bonds. The van der Waals surface area contributed by atoms with Crippen LogP contribution in [0.1, 0.15) is 26.7 Å². The highest BCUT2D eigenvalue weighted by atomic mass is 31.2. The van der Waals surface area contributed by atoms with Crippen molar-refractivity contribution < 1.29 is 9.36 Å². The fourth-order valence-electron chi connectivity index (χ4n) is 1.38. The number of carbonyl (C=O) groups excluding carboxylic acids is 1. The Morgan fingerprint density at radius 2 is 1.73 bits per heavy atom. The summed E-state index contributed by atoms with van der Waals surface area (Å²) in [6.45, 7) is 3.99. The van der Waals surface area contributed by atoms with Crippen LogP contribution in [-0.2, 0) is 9.36 Å². The van der Waals surface area contributed by atoms with Gasteiger partial charge in [-0.15, -0.1) is 0 Å². The Hall–Kier alpha value is -0.100. The Labute approximate surface area is 67.7 Å². The van der Waals surface area contributed by atoms with Crippen molar-refractivity contribution in [2.45, 2.75) is 32.3 Å². The summed E-state index contributed by atoms with van der Waals surface area (Å²) in [4.78, 5) is 10.9.